The van der Waals surface area contributed by atoms with Gasteiger partial charge in [-0.1, -0.05) is 4.49 Å². The molecule has 116 valence electrons. The molecule has 0 spiro atoms. The van der Waals surface area contributed by atoms with Gasteiger partial charge in [-0.05, 0) is 62.5 Å². The number of hydrogen-bond donors (Lipinski definition) is 1. The van der Waals surface area contributed by atoms with Gasteiger partial charge in [-0.2, -0.15) is 11.8 Å². The van der Waals surface area contributed by atoms with E-state index < -0.39 is 0 Å². The van der Waals surface area contributed by atoms with Crippen molar-refractivity contribution < 1.29 is 4.79 Å². The number of likely N-dealkylation sites (tertiary alicyclic amines) is 1. The molecular formula is C14H22N4OS2. The zero-order valence-corrected chi connectivity index (χ0v) is 14.0. The first-order chi connectivity index (χ1) is 10.2. The van der Waals surface area contributed by atoms with E-state index in [4.69, 9.17) is 0 Å². The fourth-order valence-electron chi connectivity index (χ4n) is 3.09. The highest BCUT2D eigenvalue weighted by atomic mass is 32.2. The van der Waals surface area contributed by atoms with Crippen molar-refractivity contribution in [2.45, 2.75) is 32.2 Å². The molecule has 0 saturated carbocycles. The van der Waals surface area contributed by atoms with Gasteiger partial charge in [0.15, 0.2) is 0 Å². The number of piperidine rings is 1. The summed E-state index contributed by atoms with van der Waals surface area (Å²) in [4.78, 5) is 15.3. The second-order valence-electron chi connectivity index (χ2n) is 5.89. The number of aryl methyl sites for hydroxylation is 1. The molecule has 1 aromatic rings. The Morgan fingerprint density at radius 1 is 1.38 bits per heavy atom. The summed E-state index contributed by atoms with van der Waals surface area (Å²) in [5.41, 5.74) is 0.728. The second kappa shape index (κ2) is 7.07. The molecule has 0 aliphatic carbocycles. The molecule has 1 N–H and O–H groups in total. The molecule has 3 rings (SSSR count). The van der Waals surface area contributed by atoms with Gasteiger partial charge >= 0.3 is 0 Å². The lowest BCUT2D eigenvalue weighted by Gasteiger charge is -2.35. The minimum absolute atomic E-state index is 0.0166. The van der Waals surface area contributed by atoms with E-state index in [1.165, 1.54) is 55.4 Å². The van der Waals surface area contributed by atoms with Crippen LogP contribution in [-0.2, 0) is 0 Å². The number of carbonyl (C=O) groups is 1. The van der Waals surface area contributed by atoms with E-state index in [9.17, 15) is 4.79 Å². The van der Waals surface area contributed by atoms with Crippen molar-refractivity contribution in [1.29, 1.82) is 0 Å². The Morgan fingerprint density at radius 3 is 2.81 bits per heavy atom. The summed E-state index contributed by atoms with van der Waals surface area (Å²) in [5, 5.41) is 6.93. The van der Waals surface area contributed by atoms with Gasteiger partial charge in [0.2, 0.25) is 0 Å². The zero-order chi connectivity index (χ0) is 14.7. The van der Waals surface area contributed by atoms with Gasteiger partial charge < -0.3 is 5.32 Å². The van der Waals surface area contributed by atoms with E-state index in [-0.39, 0.29) is 5.91 Å². The Hall–Kier alpha value is -0.660. The lowest BCUT2D eigenvalue weighted by molar-refractivity contribution is 0.0931. The summed E-state index contributed by atoms with van der Waals surface area (Å²) in [7, 11) is 0. The van der Waals surface area contributed by atoms with Crippen LogP contribution >= 0.6 is 23.3 Å². The number of carbonyl (C=O) groups excluding carboxylic acids is 1. The van der Waals surface area contributed by atoms with Crippen molar-refractivity contribution in [3.63, 3.8) is 0 Å². The smallest absolute Gasteiger partial charge is 0.264 e. The molecule has 5 nitrogen and oxygen atoms in total. The first-order valence-electron chi connectivity index (χ1n) is 7.63. The van der Waals surface area contributed by atoms with E-state index in [1.54, 1.807) is 0 Å². The molecule has 21 heavy (non-hydrogen) atoms. The van der Waals surface area contributed by atoms with E-state index >= 15 is 0 Å². The molecule has 1 atom stereocenters. The lowest BCUT2D eigenvalue weighted by Crippen LogP contribution is -2.43. The van der Waals surface area contributed by atoms with Crippen LogP contribution < -0.4 is 5.32 Å². The van der Waals surface area contributed by atoms with Gasteiger partial charge in [-0.25, -0.2) is 0 Å². The molecule has 3 heterocycles. The van der Waals surface area contributed by atoms with Crippen molar-refractivity contribution in [3.8, 4) is 0 Å². The number of aromatic nitrogens is 2. The number of thioether (sulfide) groups is 1. The van der Waals surface area contributed by atoms with Crippen molar-refractivity contribution in [2.24, 2.45) is 5.92 Å². The number of amides is 1. The average molecular weight is 326 g/mol. The first-order valence-corrected chi connectivity index (χ1v) is 9.56. The minimum Gasteiger partial charge on any atom is -0.351 e. The van der Waals surface area contributed by atoms with Gasteiger partial charge in [0, 0.05) is 18.3 Å². The van der Waals surface area contributed by atoms with Crippen LogP contribution in [0.5, 0.6) is 0 Å². The van der Waals surface area contributed by atoms with Crippen molar-refractivity contribution in [2.75, 3.05) is 31.1 Å². The predicted octanol–water partition coefficient (Wildman–Crippen LogP) is 1.79. The Morgan fingerprint density at radius 2 is 2.19 bits per heavy atom. The summed E-state index contributed by atoms with van der Waals surface area (Å²) in [6, 6.07) is 0.802. The molecule has 1 unspecified atom stereocenters. The summed E-state index contributed by atoms with van der Waals surface area (Å²) in [6.45, 7) is 4.99. The van der Waals surface area contributed by atoms with Gasteiger partial charge in [-0.3, -0.25) is 9.69 Å². The lowest BCUT2D eigenvalue weighted by atomic mass is 9.95. The van der Waals surface area contributed by atoms with E-state index in [0.29, 0.717) is 10.8 Å². The third-order valence-electron chi connectivity index (χ3n) is 4.48. The Balaban J connectivity index is 1.41. The zero-order valence-electron chi connectivity index (χ0n) is 12.4. The van der Waals surface area contributed by atoms with Gasteiger partial charge in [0.05, 0.1) is 5.69 Å². The summed E-state index contributed by atoms with van der Waals surface area (Å²) >= 11 is 3.26. The van der Waals surface area contributed by atoms with Crippen LogP contribution in [0.4, 0.5) is 0 Å². The molecule has 2 fully saturated rings. The number of nitrogens with one attached hydrogen (secondary N) is 1. The molecule has 0 radical (unpaired) electrons. The Labute approximate surface area is 134 Å². The van der Waals surface area contributed by atoms with E-state index in [2.05, 4.69) is 31.6 Å². The molecular weight excluding hydrogens is 304 g/mol. The Kier molecular flexibility index (Phi) is 5.13. The van der Waals surface area contributed by atoms with Crippen LogP contribution in [0.25, 0.3) is 0 Å². The monoisotopic (exact) mass is 326 g/mol. The number of nitrogens with zero attached hydrogens (tertiary/aromatic N) is 3. The average Bonchev–Trinajstić information content (AvgIpc) is 3.16. The first kappa shape index (κ1) is 15.2. The van der Waals surface area contributed by atoms with Crippen LogP contribution in [0.3, 0.4) is 0 Å². The normalized spacial score (nSPS) is 24.3. The third kappa shape index (κ3) is 3.76. The highest BCUT2D eigenvalue weighted by molar-refractivity contribution is 7.99. The molecule has 2 aliphatic heterocycles. The predicted molar refractivity (Wildman–Crippen MR) is 87.0 cm³/mol. The van der Waals surface area contributed by atoms with Gasteiger partial charge in [0.25, 0.3) is 5.91 Å². The number of rotatable bonds is 4. The maximum absolute atomic E-state index is 12.0. The van der Waals surface area contributed by atoms with Gasteiger partial charge in [0.1, 0.15) is 4.88 Å². The molecule has 7 heteroatoms. The van der Waals surface area contributed by atoms with Crippen molar-refractivity contribution in [1.82, 2.24) is 19.8 Å². The van der Waals surface area contributed by atoms with Crippen LogP contribution in [0.1, 0.15) is 34.6 Å². The van der Waals surface area contributed by atoms with Crippen LogP contribution in [0.15, 0.2) is 0 Å². The Bertz CT molecular complexity index is 479. The summed E-state index contributed by atoms with van der Waals surface area (Å²) in [5.74, 6) is 3.22. The third-order valence-corrected chi connectivity index (χ3v) is 6.45. The maximum atomic E-state index is 12.0. The van der Waals surface area contributed by atoms with Crippen molar-refractivity contribution >= 4 is 29.2 Å². The largest absolute Gasteiger partial charge is 0.351 e. The molecule has 1 amide bonds. The summed E-state index contributed by atoms with van der Waals surface area (Å²) < 4.78 is 3.81. The minimum atomic E-state index is -0.0166. The quantitative estimate of drug-likeness (QED) is 0.914. The number of hydrogen-bond acceptors (Lipinski definition) is 6. The van der Waals surface area contributed by atoms with Crippen LogP contribution in [0, 0.1) is 12.8 Å². The fraction of sp³-hybridized carbons (Fsp3) is 0.786. The van der Waals surface area contributed by atoms with Crippen LogP contribution in [0.2, 0.25) is 0 Å². The maximum Gasteiger partial charge on any atom is 0.264 e. The van der Waals surface area contributed by atoms with Gasteiger partial charge in [-0.15, -0.1) is 5.10 Å². The molecule has 2 aliphatic rings. The fourth-order valence-corrected chi connectivity index (χ4v) is 4.92. The van der Waals surface area contributed by atoms with Crippen LogP contribution in [-0.4, -0.2) is 57.6 Å². The van der Waals surface area contributed by atoms with E-state index in [1.807, 2.05) is 6.92 Å². The highest BCUT2D eigenvalue weighted by Gasteiger charge is 2.27. The molecule has 0 aromatic carbocycles. The molecule has 0 bridgehead atoms. The standard InChI is InChI=1S/C14H22N4OS2/c1-10-13(21-17-16-10)14(19)15-8-11-2-5-18(6-3-11)12-4-7-20-9-12/h11-12H,2-9H2,1H3,(H,15,19). The molecule has 2 saturated heterocycles. The summed E-state index contributed by atoms with van der Waals surface area (Å²) in [6.07, 6.45) is 3.74. The van der Waals surface area contributed by atoms with E-state index in [0.717, 1.165) is 18.3 Å². The molecule has 1 aromatic heterocycles. The highest BCUT2D eigenvalue weighted by Crippen LogP contribution is 2.26. The van der Waals surface area contributed by atoms with Crippen molar-refractivity contribution in [3.05, 3.63) is 10.6 Å². The SMILES string of the molecule is Cc1nnsc1C(=O)NCC1CCN(C2CCSC2)CC1. The topological polar surface area (TPSA) is 58.1 Å². The second-order valence-corrected chi connectivity index (χ2v) is 7.80.